The summed E-state index contributed by atoms with van der Waals surface area (Å²) in [5.74, 6) is 1.09. The second kappa shape index (κ2) is 3.47. The van der Waals surface area contributed by atoms with Gasteiger partial charge >= 0.3 is 0 Å². The Morgan fingerprint density at radius 3 is 3.15 bits per heavy atom. The topological polar surface area (TPSA) is 41.8 Å². The van der Waals surface area contributed by atoms with Gasteiger partial charge in [-0.3, -0.25) is 0 Å². The molecular weight excluding hydrogens is 166 g/mol. The molecule has 1 heterocycles. The molecule has 1 aromatic carbocycles. The maximum Gasteiger partial charge on any atom is 0.123 e. The molecule has 68 valence electrons. The van der Waals surface area contributed by atoms with Crippen molar-refractivity contribution in [3.8, 4) is 5.75 Å². The number of hydrogen-bond acceptors (Lipinski definition) is 3. The third-order valence-electron chi connectivity index (χ3n) is 2.25. The SMILES string of the molecule is ON=CC1CCOc2ccccc21. The third-order valence-corrected chi connectivity index (χ3v) is 2.25. The fraction of sp³-hybridized carbons (Fsp3) is 0.300. The van der Waals surface area contributed by atoms with Crippen LogP contribution < -0.4 is 4.74 Å². The Morgan fingerprint density at radius 1 is 1.46 bits per heavy atom. The zero-order valence-corrected chi connectivity index (χ0v) is 7.18. The van der Waals surface area contributed by atoms with Gasteiger partial charge in [0.25, 0.3) is 0 Å². The summed E-state index contributed by atoms with van der Waals surface area (Å²) in [6.45, 7) is 0.688. The number of oxime groups is 1. The van der Waals surface area contributed by atoms with Crippen molar-refractivity contribution in [3.63, 3.8) is 0 Å². The van der Waals surface area contributed by atoms with E-state index in [4.69, 9.17) is 9.94 Å². The highest BCUT2D eigenvalue weighted by Crippen LogP contribution is 2.31. The molecular formula is C10H11NO2. The van der Waals surface area contributed by atoms with Gasteiger partial charge in [-0.2, -0.15) is 0 Å². The van der Waals surface area contributed by atoms with Gasteiger partial charge in [0, 0.05) is 11.5 Å². The smallest absolute Gasteiger partial charge is 0.123 e. The van der Waals surface area contributed by atoms with Crippen LogP contribution >= 0.6 is 0 Å². The molecule has 0 bridgehead atoms. The molecule has 0 saturated carbocycles. The molecule has 3 heteroatoms. The summed E-state index contributed by atoms with van der Waals surface area (Å²) in [7, 11) is 0. The minimum atomic E-state index is 0.190. The van der Waals surface area contributed by atoms with E-state index < -0.39 is 0 Å². The maximum absolute atomic E-state index is 8.47. The van der Waals surface area contributed by atoms with Gasteiger partial charge in [0.05, 0.1) is 12.8 Å². The van der Waals surface area contributed by atoms with Crippen LogP contribution in [-0.4, -0.2) is 18.0 Å². The molecule has 0 saturated heterocycles. The molecule has 0 spiro atoms. The zero-order chi connectivity index (χ0) is 9.10. The lowest BCUT2D eigenvalue weighted by Crippen LogP contribution is -2.14. The molecule has 1 aromatic rings. The van der Waals surface area contributed by atoms with E-state index in [1.54, 1.807) is 6.21 Å². The van der Waals surface area contributed by atoms with Gasteiger partial charge in [-0.1, -0.05) is 18.2 Å². The average molecular weight is 177 g/mol. The average Bonchev–Trinajstić information content (AvgIpc) is 2.19. The summed E-state index contributed by atoms with van der Waals surface area (Å²) in [6, 6.07) is 7.84. The Labute approximate surface area is 76.6 Å². The lowest BCUT2D eigenvalue weighted by atomic mass is 9.94. The largest absolute Gasteiger partial charge is 0.493 e. The number of fused-ring (bicyclic) bond motifs is 1. The number of benzene rings is 1. The predicted molar refractivity (Wildman–Crippen MR) is 49.6 cm³/mol. The molecule has 1 N–H and O–H groups in total. The Kier molecular flexibility index (Phi) is 2.17. The highest BCUT2D eigenvalue weighted by molar-refractivity contribution is 5.69. The number of rotatable bonds is 1. The number of para-hydroxylation sites is 1. The van der Waals surface area contributed by atoms with Gasteiger partial charge in [0.15, 0.2) is 0 Å². The van der Waals surface area contributed by atoms with Crippen molar-refractivity contribution in [1.82, 2.24) is 0 Å². The van der Waals surface area contributed by atoms with Crippen molar-refractivity contribution in [2.45, 2.75) is 12.3 Å². The molecule has 0 radical (unpaired) electrons. The first-order valence-corrected chi connectivity index (χ1v) is 4.31. The fourth-order valence-electron chi connectivity index (χ4n) is 1.60. The molecule has 1 atom stereocenters. The van der Waals surface area contributed by atoms with E-state index in [1.807, 2.05) is 24.3 Å². The van der Waals surface area contributed by atoms with Crippen LogP contribution in [0, 0.1) is 0 Å². The summed E-state index contributed by atoms with van der Waals surface area (Å²) in [5, 5.41) is 11.6. The molecule has 0 amide bonds. The van der Waals surface area contributed by atoms with E-state index in [1.165, 1.54) is 0 Å². The highest BCUT2D eigenvalue weighted by Gasteiger charge is 2.18. The lowest BCUT2D eigenvalue weighted by Gasteiger charge is -2.22. The molecule has 0 fully saturated rings. The fourth-order valence-corrected chi connectivity index (χ4v) is 1.60. The van der Waals surface area contributed by atoms with Gasteiger partial charge in [0.1, 0.15) is 5.75 Å². The van der Waals surface area contributed by atoms with Crippen LogP contribution in [0.3, 0.4) is 0 Å². The summed E-state index contributed by atoms with van der Waals surface area (Å²) in [5.41, 5.74) is 1.10. The highest BCUT2D eigenvalue weighted by atomic mass is 16.5. The van der Waals surface area contributed by atoms with Crippen molar-refractivity contribution in [2.24, 2.45) is 5.16 Å². The first-order valence-electron chi connectivity index (χ1n) is 4.31. The minimum absolute atomic E-state index is 0.190. The van der Waals surface area contributed by atoms with E-state index in [0.29, 0.717) is 6.61 Å². The first kappa shape index (κ1) is 8.10. The predicted octanol–water partition coefficient (Wildman–Crippen LogP) is 2.01. The van der Waals surface area contributed by atoms with Crippen LogP contribution in [0.15, 0.2) is 29.4 Å². The monoisotopic (exact) mass is 177 g/mol. The standard InChI is InChI=1S/C10H11NO2/c12-11-7-8-5-6-13-10-4-2-1-3-9(8)10/h1-4,7-8,12H,5-6H2. The van der Waals surface area contributed by atoms with Crippen LogP contribution in [0.1, 0.15) is 17.9 Å². The quantitative estimate of drug-likeness (QED) is 0.405. The lowest BCUT2D eigenvalue weighted by molar-refractivity contribution is 0.279. The summed E-state index contributed by atoms with van der Waals surface area (Å²) in [4.78, 5) is 0. The molecule has 1 aliphatic rings. The summed E-state index contributed by atoms with van der Waals surface area (Å²) >= 11 is 0. The zero-order valence-electron chi connectivity index (χ0n) is 7.18. The third kappa shape index (κ3) is 1.49. The van der Waals surface area contributed by atoms with Gasteiger partial charge in [-0.05, 0) is 12.5 Å². The van der Waals surface area contributed by atoms with E-state index in [-0.39, 0.29) is 5.92 Å². The molecule has 0 aliphatic carbocycles. The first-order chi connectivity index (χ1) is 6.42. The van der Waals surface area contributed by atoms with Crippen molar-refractivity contribution in [3.05, 3.63) is 29.8 Å². The normalized spacial score (nSPS) is 21.1. The summed E-state index contributed by atoms with van der Waals surface area (Å²) < 4.78 is 5.46. The maximum atomic E-state index is 8.47. The van der Waals surface area contributed by atoms with Crippen molar-refractivity contribution >= 4 is 6.21 Å². The van der Waals surface area contributed by atoms with Gasteiger partial charge in [0.2, 0.25) is 0 Å². The van der Waals surface area contributed by atoms with Crippen LogP contribution in [-0.2, 0) is 0 Å². The second-order valence-electron chi connectivity index (χ2n) is 3.05. The molecule has 1 unspecified atom stereocenters. The molecule has 3 nitrogen and oxygen atoms in total. The Bertz CT molecular complexity index is 322. The Balaban J connectivity index is 2.36. The Hall–Kier alpha value is -1.51. The van der Waals surface area contributed by atoms with Crippen LogP contribution in [0.2, 0.25) is 0 Å². The van der Waals surface area contributed by atoms with Gasteiger partial charge < -0.3 is 9.94 Å². The molecule has 2 rings (SSSR count). The number of hydrogen-bond donors (Lipinski definition) is 1. The molecule has 13 heavy (non-hydrogen) atoms. The minimum Gasteiger partial charge on any atom is -0.493 e. The number of ether oxygens (including phenoxy) is 1. The van der Waals surface area contributed by atoms with E-state index in [2.05, 4.69) is 5.16 Å². The molecule has 1 aliphatic heterocycles. The van der Waals surface area contributed by atoms with Crippen molar-refractivity contribution in [2.75, 3.05) is 6.61 Å². The van der Waals surface area contributed by atoms with Gasteiger partial charge in [-0.25, -0.2) is 0 Å². The molecule has 0 aromatic heterocycles. The van der Waals surface area contributed by atoms with Crippen LogP contribution in [0.4, 0.5) is 0 Å². The van der Waals surface area contributed by atoms with Crippen LogP contribution in [0.25, 0.3) is 0 Å². The Morgan fingerprint density at radius 2 is 2.31 bits per heavy atom. The van der Waals surface area contributed by atoms with Gasteiger partial charge in [-0.15, -0.1) is 5.16 Å². The van der Waals surface area contributed by atoms with E-state index in [9.17, 15) is 0 Å². The van der Waals surface area contributed by atoms with E-state index in [0.717, 1.165) is 17.7 Å². The van der Waals surface area contributed by atoms with Crippen LogP contribution in [0.5, 0.6) is 5.75 Å². The number of nitrogens with zero attached hydrogens (tertiary/aromatic N) is 1. The van der Waals surface area contributed by atoms with E-state index >= 15 is 0 Å². The van der Waals surface area contributed by atoms with Crippen molar-refractivity contribution in [1.29, 1.82) is 0 Å². The summed E-state index contributed by atoms with van der Waals surface area (Å²) in [6.07, 6.45) is 2.43. The second-order valence-corrected chi connectivity index (χ2v) is 3.05. The van der Waals surface area contributed by atoms with Crippen molar-refractivity contribution < 1.29 is 9.94 Å².